The lowest BCUT2D eigenvalue weighted by Gasteiger charge is -2.19. The van der Waals surface area contributed by atoms with Gasteiger partial charge in [-0.2, -0.15) is 5.26 Å². The van der Waals surface area contributed by atoms with Gasteiger partial charge in [-0.3, -0.25) is 15.6 Å². The second-order valence-electron chi connectivity index (χ2n) is 8.77. The molecule has 2 amide bonds. The summed E-state index contributed by atoms with van der Waals surface area (Å²) in [6, 6.07) is 6.74. The average molecular weight is 470 g/mol. The molecule has 184 valence electrons. The number of benzene rings is 1. The van der Waals surface area contributed by atoms with Crippen molar-refractivity contribution in [3.8, 4) is 6.07 Å². The van der Waals surface area contributed by atoms with E-state index in [2.05, 4.69) is 22.0 Å². The van der Waals surface area contributed by atoms with Crippen LogP contribution >= 0.6 is 0 Å². The number of rotatable bonds is 10. The Kier molecular flexibility index (Phi) is 11.3. The van der Waals surface area contributed by atoms with Crippen molar-refractivity contribution in [2.45, 2.75) is 45.6 Å². The number of ether oxygens (including phenoxy) is 1. The molecular formula is C24H35N7O3. The van der Waals surface area contributed by atoms with E-state index in [0.717, 1.165) is 19.3 Å². The molecule has 0 saturated carbocycles. The number of nitrogens with one attached hydrogen (secondary N) is 5. The van der Waals surface area contributed by atoms with Crippen molar-refractivity contribution in [3.63, 3.8) is 0 Å². The Labute approximate surface area is 201 Å². The van der Waals surface area contributed by atoms with Crippen LogP contribution in [0.5, 0.6) is 0 Å². The lowest BCUT2D eigenvalue weighted by atomic mass is 10.1. The summed E-state index contributed by atoms with van der Waals surface area (Å²) in [6.07, 6.45) is 4.72. The van der Waals surface area contributed by atoms with Crippen molar-refractivity contribution >= 4 is 29.4 Å². The zero-order valence-corrected chi connectivity index (χ0v) is 20.5. The number of amides is 2. The first kappa shape index (κ1) is 28.2. The summed E-state index contributed by atoms with van der Waals surface area (Å²) in [6.45, 7) is 6.51. The quantitative estimate of drug-likeness (QED) is 0.201. The van der Waals surface area contributed by atoms with E-state index in [0.29, 0.717) is 29.9 Å². The highest BCUT2D eigenvalue weighted by Crippen LogP contribution is 2.18. The van der Waals surface area contributed by atoms with Crippen molar-refractivity contribution in [1.82, 2.24) is 15.5 Å². The molecule has 1 aromatic rings. The maximum atomic E-state index is 12.7. The van der Waals surface area contributed by atoms with E-state index >= 15 is 0 Å². The molecule has 0 saturated heterocycles. The third-order valence-electron chi connectivity index (χ3n) is 4.37. The fourth-order valence-corrected chi connectivity index (χ4v) is 2.66. The SMILES string of the molecule is CN(C)C(=N)/C=C\C(=N)NC(=O)c1ccc(C#N)cc1NCCCCCNC(=O)OC(C)(C)C. The molecule has 0 aliphatic heterocycles. The number of unbranched alkanes of at least 4 members (excludes halogenated alkanes) is 2. The predicted molar refractivity (Wildman–Crippen MR) is 133 cm³/mol. The highest BCUT2D eigenvalue weighted by Gasteiger charge is 2.15. The minimum atomic E-state index is -0.528. The Morgan fingerprint density at radius 1 is 1.12 bits per heavy atom. The van der Waals surface area contributed by atoms with Gasteiger partial charge in [0.1, 0.15) is 17.3 Å². The van der Waals surface area contributed by atoms with Gasteiger partial charge in [-0.25, -0.2) is 4.79 Å². The lowest BCUT2D eigenvalue weighted by molar-refractivity contribution is 0.0527. The Morgan fingerprint density at radius 2 is 1.79 bits per heavy atom. The molecular weight excluding hydrogens is 434 g/mol. The van der Waals surface area contributed by atoms with Crippen LogP contribution in [0.2, 0.25) is 0 Å². The van der Waals surface area contributed by atoms with Gasteiger partial charge in [0.15, 0.2) is 0 Å². The molecule has 10 heteroatoms. The number of hydrogen-bond acceptors (Lipinski definition) is 7. The molecule has 0 unspecified atom stereocenters. The van der Waals surface area contributed by atoms with Gasteiger partial charge in [0.25, 0.3) is 5.91 Å². The van der Waals surface area contributed by atoms with Gasteiger partial charge in [-0.1, -0.05) is 0 Å². The van der Waals surface area contributed by atoms with Crippen molar-refractivity contribution in [2.24, 2.45) is 0 Å². The van der Waals surface area contributed by atoms with E-state index in [1.165, 1.54) is 12.2 Å². The Hall–Kier alpha value is -3.87. The third-order valence-corrected chi connectivity index (χ3v) is 4.37. The molecule has 0 heterocycles. The number of amidine groups is 2. The Morgan fingerprint density at radius 3 is 2.41 bits per heavy atom. The van der Waals surface area contributed by atoms with Crippen LogP contribution in [-0.4, -0.2) is 61.4 Å². The highest BCUT2D eigenvalue weighted by atomic mass is 16.6. The number of carbonyl (C=O) groups excluding carboxylic acids is 2. The molecule has 1 rings (SSSR count). The summed E-state index contributed by atoms with van der Waals surface area (Å²) in [7, 11) is 3.42. The molecule has 0 fully saturated rings. The van der Waals surface area contributed by atoms with Gasteiger partial charge in [-0.05, 0) is 70.4 Å². The van der Waals surface area contributed by atoms with Gasteiger partial charge in [0, 0.05) is 32.9 Å². The standard InChI is InChI=1S/C24H35N7O3/c1-24(2,3)34-23(33)29-14-8-6-7-13-28-19-15-17(16-25)9-10-18(19)22(32)30-20(26)11-12-21(27)31(4)5/h9-12,15,27-28H,6-8,13-14H2,1-5H3,(H,29,33)(H2,26,30,32)/b12-11-,27-21?. The van der Waals surface area contributed by atoms with Crippen molar-refractivity contribution < 1.29 is 14.3 Å². The van der Waals surface area contributed by atoms with Gasteiger partial charge in [-0.15, -0.1) is 0 Å². The molecule has 34 heavy (non-hydrogen) atoms. The normalized spacial score (nSPS) is 10.8. The molecule has 0 aliphatic rings. The first-order valence-electron chi connectivity index (χ1n) is 11.0. The number of nitriles is 1. The summed E-state index contributed by atoms with van der Waals surface area (Å²) in [5.74, 6) is -0.440. The smallest absolute Gasteiger partial charge is 0.407 e. The molecule has 1 aromatic carbocycles. The second kappa shape index (κ2) is 13.6. The van der Waals surface area contributed by atoms with Crippen LogP contribution in [0.1, 0.15) is 56.0 Å². The molecule has 5 N–H and O–H groups in total. The summed E-state index contributed by atoms with van der Waals surface area (Å²) in [5.41, 5.74) is 0.697. The van der Waals surface area contributed by atoms with Crippen LogP contribution in [0, 0.1) is 22.1 Å². The maximum absolute atomic E-state index is 12.7. The minimum absolute atomic E-state index is 0.149. The van der Waals surface area contributed by atoms with E-state index < -0.39 is 17.6 Å². The summed E-state index contributed by atoms with van der Waals surface area (Å²) in [5, 5.41) is 33.2. The number of carbonyl (C=O) groups is 2. The average Bonchev–Trinajstić information content (AvgIpc) is 2.75. The topological polar surface area (TPSA) is 154 Å². The molecule has 0 aromatic heterocycles. The van der Waals surface area contributed by atoms with E-state index in [4.69, 9.17) is 15.6 Å². The van der Waals surface area contributed by atoms with E-state index in [1.54, 1.807) is 37.2 Å². The Balaban J connectivity index is 2.58. The van der Waals surface area contributed by atoms with Gasteiger partial charge >= 0.3 is 6.09 Å². The number of anilines is 1. The fourth-order valence-electron chi connectivity index (χ4n) is 2.66. The molecule has 0 spiro atoms. The Bertz CT molecular complexity index is 956. The van der Waals surface area contributed by atoms with Crippen LogP contribution in [0.25, 0.3) is 0 Å². The van der Waals surface area contributed by atoms with E-state index in [1.807, 2.05) is 20.8 Å². The van der Waals surface area contributed by atoms with Crippen LogP contribution < -0.4 is 16.0 Å². The summed E-state index contributed by atoms with van der Waals surface area (Å²) in [4.78, 5) is 25.9. The second-order valence-corrected chi connectivity index (χ2v) is 8.77. The molecule has 0 radical (unpaired) electrons. The van der Waals surface area contributed by atoms with Gasteiger partial charge in [0.2, 0.25) is 0 Å². The highest BCUT2D eigenvalue weighted by molar-refractivity contribution is 6.12. The van der Waals surface area contributed by atoms with E-state index in [-0.39, 0.29) is 11.7 Å². The van der Waals surface area contributed by atoms with Crippen molar-refractivity contribution in [2.75, 3.05) is 32.5 Å². The lowest BCUT2D eigenvalue weighted by Crippen LogP contribution is -2.33. The van der Waals surface area contributed by atoms with Gasteiger partial charge in [0.05, 0.1) is 17.2 Å². The van der Waals surface area contributed by atoms with Crippen LogP contribution in [0.4, 0.5) is 10.5 Å². The zero-order chi connectivity index (χ0) is 25.7. The van der Waals surface area contributed by atoms with Crippen LogP contribution in [-0.2, 0) is 4.74 Å². The predicted octanol–water partition coefficient (Wildman–Crippen LogP) is 3.47. The molecule has 0 bridgehead atoms. The summed E-state index contributed by atoms with van der Waals surface area (Å²) < 4.78 is 5.19. The number of hydrogen-bond donors (Lipinski definition) is 5. The molecule has 0 atom stereocenters. The minimum Gasteiger partial charge on any atom is -0.444 e. The van der Waals surface area contributed by atoms with E-state index in [9.17, 15) is 14.9 Å². The first-order valence-corrected chi connectivity index (χ1v) is 11.0. The largest absolute Gasteiger partial charge is 0.444 e. The third kappa shape index (κ3) is 11.1. The monoisotopic (exact) mass is 469 g/mol. The van der Waals surface area contributed by atoms with Crippen LogP contribution in [0.3, 0.4) is 0 Å². The van der Waals surface area contributed by atoms with Crippen LogP contribution in [0.15, 0.2) is 30.4 Å². The zero-order valence-electron chi connectivity index (χ0n) is 20.5. The molecule has 10 nitrogen and oxygen atoms in total. The summed E-state index contributed by atoms with van der Waals surface area (Å²) >= 11 is 0. The fraction of sp³-hybridized carbons (Fsp3) is 0.458. The number of alkyl carbamates (subject to hydrolysis) is 1. The number of nitrogens with zero attached hydrogens (tertiary/aromatic N) is 2. The first-order chi connectivity index (χ1) is 15.9. The molecule has 0 aliphatic carbocycles. The number of likely N-dealkylation sites (N-methyl/N-ethyl adjacent to an activating group) is 1. The van der Waals surface area contributed by atoms with Crippen molar-refractivity contribution in [3.05, 3.63) is 41.5 Å². The maximum Gasteiger partial charge on any atom is 0.407 e. The van der Waals surface area contributed by atoms with Gasteiger partial charge < -0.3 is 25.6 Å². The van der Waals surface area contributed by atoms with Crippen molar-refractivity contribution in [1.29, 1.82) is 16.1 Å².